The highest BCUT2D eigenvalue weighted by atomic mass is 16.5. The van der Waals surface area contributed by atoms with Crippen LogP contribution in [0.5, 0.6) is 0 Å². The number of carbonyl (C=O) groups excluding carboxylic acids is 4. The second kappa shape index (κ2) is 8.80. The smallest absolute Gasteiger partial charge is 0.338 e. The van der Waals surface area contributed by atoms with Crippen molar-refractivity contribution in [3.63, 3.8) is 0 Å². The van der Waals surface area contributed by atoms with E-state index >= 15 is 0 Å². The Bertz CT molecular complexity index is 922. The number of imide groups is 1. The van der Waals surface area contributed by atoms with E-state index in [-0.39, 0.29) is 17.0 Å². The van der Waals surface area contributed by atoms with Crippen molar-refractivity contribution in [2.75, 3.05) is 18.1 Å². The van der Waals surface area contributed by atoms with Crippen LogP contribution in [0.25, 0.3) is 0 Å². The van der Waals surface area contributed by atoms with E-state index in [1.807, 2.05) is 0 Å². The second-order valence-electron chi connectivity index (χ2n) is 10.3. The lowest BCUT2D eigenvalue weighted by Crippen LogP contribution is -2.62. The third-order valence-corrected chi connectivity index (χ3v) is 7.74. The van der Waals surface area contributed by atoms with Crippen LogP contribution in [0.15, 0.2) is 24.3 Å². The van der Waals surface area contributed by atoms with Gasteiger partial charge in [0.15, 0.2) is 6.61 Å². The summed E-state index contributed by atoms with van der Waals surface area (Å²) in [5.74, 6) is 0.845. The third-order valence-electron chi connectivity index (χ3n) is 7.74. The monoisotopic (exact) mass is 453 g/mol. The fraction of sp³-hybridized carbons (Fsp3) is 0.600. The van der Waals surface area contributed by atoms with Crippen molar-refractivity contribution in [2.24, 2.45) is 17.8 Å². The van der Waals surface area contributed by atoms with Crippen molar-refractivity contribution in [2.45, 2.75) is 63.3 Å². The predicted octanol–water partition coefficient (Wildman–Crippen LogP) is 3.15. The zero-order valence-electron chi connectivity index (χ0n) is 18.8. The van der Waals surface area contributed by atoms with Crippen molar-refractivity contribution in [1.29, 1.82) is 0 Å². The SMILES string of the molecule is O=C(COC(=O)c1ccc(N2CCCCC2=O)cc1)NC(=O)NC12CC3CC(CC(C3)C1)C2. The molecule has 2 N–H and O–H groups in total. The van der Waals surface area contributed by atoms with Crippen LogP contribution >= 0.6 is 0 Å². The molecule has 1 aromatic carbocycles. The van der Waals surface area contributed by atoms with Crippen LogP contribution in [0.1, 0.15) is 68.1 Å². The highest BCUT2D eigenvalue weighted by Crippen LogP contribution is 2.55. The van der Waals surface area contributed by atoms with Gasteiger partial charge in [0.1, 0.15) is 0 Å². The summed E-state index contributed by atoms with van der Waals surface area (Å²) >= 11 is 0. The molecule has 33 heavy (non-hydrogen) atoms. The zero-order valence-corrected chi connectivity index (χ0v) is 18.8. The molecule has 0 radical (unpaired) electrons. The lowest BCUT2D eigenvalue weighted by atomic mass is 9.53. The Morgan fingerprint density at radius 2 is 1.61 bits per heavy atom. The minimum absolute atomic E-state index is 0.0834. The number of piperidine rings is 1. The van der Waals surface area contributed by atoms with Gasteiger partial charge in [0.05, 0.1) is 5.56 Å². The first-order chi connectivity index (χ1) is 15.9. The number of anilines is 1. The van der Waals surface area contributed by atoms with Gasteiger partial charge in [-0.25, -0.2) is 9.59 Å². The second-order valence-corrected chi connectivity index (χ2v) is 10.3. The van der Waals surface area contributed by atoms with Crippen LogP contribution in [-0.2, 0) is 14.3 Å². The Morgan fingerprint density at radius 3 is 2.21 bits per heavy atom. The summed E-state index contributed by atoms with van der Waals surface area (Å²) in [5, 5.41) is 5.38. The predicted molar refractivity (Wildman–Crippen MR) is 121 cm³/mol. The number of benzene rings is 1. The van der Waals surface area contributed by atoms with Gasteiger partial charge in [-0.3, -0.25) is 14.9 Å². The molecular weight excluding hydrogens is 422 g/mol. The molecule has 4 bridgehead atoms. The molecule has 6 rings (SSSR count). The number of esters is 1. The summed E-state index contributed by atoms with van der Waals surface area (Å²) in [4.78, 5) is 50.7. The standard InChI is InChI=1S/C25H31N3O5/c29-21(26-24(32)27-25-12-16-9-17(13-25)11-18(10-16)14-25)15-33-23(31)19-4-6-20(7-5-19)28-8-2-1-3-22(28)30/h4-7,16-18H,1-3,8-15H2,(H2,26,27,29,32). The van der Waals surface area contributed by atoms with Crippen LogP contribution in [0.4, 0.5) is 10.5 Å². The maximum atomic E-state index is 12.5. The number of nitrogens with one attached hydrogen (secondary N) is 2. The van der Waals surface area contributed by atoms with E-state index < -0.39 is 24.5 Å². The van der Waals surface area contributed by atoms with Crippen LogP contribution in [0, 0.1) is 17.8 Å². The van der Waals surface area contributed by atoms with E-state index in [2.05, 4.69) is 10.6 Å². The molecule has 8 nitrogen and oxygen atoms in total. The molecule has 0 spiro atoms. The van der Waals surface area contributed by atoms with Crippen molar-refractivity contribution in [3.8, 4) is 0 Å². The fourth-order valence-electron chi connectivity index (χ4n) is 6.77. The molecular formula is C25H31N3O5. The Balaban J connectivity index is 1.09. The van der Waals surface area contributed by atoms with Gasteiger partial charge in [-0.2, -0.15) is 0 Å². The minimum Gasteiger partial charge on any atom is -0.452 e. The minimum atomic E-state index is -0.652. The van der Waals surface area contributed by atoms with Gasteiger partial charge in [-0.15, -0.1) is 0 Å². The lowest BCUT2D eigenvalue weighted by Gasteiger charge is -2.56. The topological polar surface area (TPSA) is 105 Å². The molecule has 176 valence electrons. The molecule has 1 aromatic rings. The van der Waals surface area contributed by atoms with E-state index in [1.54, 1.807) is 29.2 Å². The number of rotatable bonds is 5. The number of nitrogens with zero attached hydrogens (tertiary/aromatic N) is 1. The summed E-state index contributed by atoms with van der Waals surface area (Å²) in [6.45, 7) is 0.146. The molecule has 0 unspecified atom stereocenters. The molecule has 8 heteroatoms. The van der Waals surface area contributed by atoms with E-state index in [9.17, 15) is 19.2 Å². The summed E-state index contributed by atoms with van der Waals surface area (Å²) < 4.78 is 5.08. The molecule has 4 saturated carbocycles. The van der Waals surface area contributed by atoms with Crippen LogP contribution in [0.3, 0.4) is 0 Å². The fourth-order valence-corrected chi connectivity index (χ4v) is 6.77. The van der Waals surface area contributed by atoms with Crippen LogP contribution < -0.4 is 15.5 Å². The van der Waals surface area contributed by atoms with E-state index in [0.29, 0.717) is 30.7 Å². The van der Waals surface area contributed by atoms with Crippen molar-refractivity contribution < 1.29 is 23.9 Å². The van der Waals surface area contributed by atoms with Gasteiger partial charge in [0, 0.05) is 24.2 Å². The molecule has 1 aliphatic heterocycles. The number of hydrogen-bond acceptors (Lipinski definition) is 5. The van der Waals surface area contributed by atoms with Gasteiger partial charge in [-0.05, 0) is 93.4 Å². The maximum absolute atomic E-state index is 12.5. The van der Waals surface area contributed by atoms with Crippen LogP contribution in [-0.4, -0.2) is 42.5 Å². The molecule has 4 amide bonds. The van der Waals surface area contributed by atoms with Crippen molar-refractivity contribution in [3.05, 3.63) is 29.8 Å². The van der Waals surface area contributed by atoms with E-state index in [4.69, 9.17) is 4.74 Å². The number of carbonyl (C=O) groups is 4. The average Bonchev–Trinajstić information content (AvgIpc) is 2.76. The molecule has 0 aromatic heterocycles. The third kappa shape index (κ3) is 4.75. The van der Waals surface area contributed by atoms with Gasteiger partial charge in [0.25, 0.3) is 5.91 Å². The van der Waals surface area contributed by atoms with Gasteiger partial charge < -0.3 is 15.0 Å². The van der Waals surface area contributed by atoms with Crippen LogP contribution in [0.2, 0.25) is 0 Å². The molecule has 1 heterocycles. The van der Waals surface area contributed by atoms with Crippen molar-refractivity contribution >= 4 is 29.5 Å². The first-order valence-electron chi connectivity index (χ1n) is 12.1. The van der Waals surface area contributed by atoms with E-state index in [1.165, 1.54) is 19.3 Å². The maximum Gasteiger partial charge on any atom is 0.338 e. The lowest BCUT2D eigenvalue weighted by molar-refractivity contribution is -0.123. The number of ether oxygens (including phenoxy) is 1. The summed E-state index contributed by atoms with van der Waals surface area (Å²) in [7, 11) is 0. The van der Waals surface area contributed by atoms with Gasteiger partial charge in [-0.1, -0.05) is 0 Å². The Hall–Kier alpha value is -2.90. The van der Waals surface area contributed by atoms with Gasteiger partial charge >= 0.3 is 12.0 Å². The summed E-state index contributed by atoms with van der Waals surface area (Å²) in [6, 6.07) is 6.07. The normalized spacial score (nSPS) is 30.1. The first kappa shape index (κ1) is 21.9. The van der Waals surface area contributed by atoms with Gasteiger partial charge in [0.2, 0.25) is 5.91 Å². The quantitative estimate of drug-likeness (QED) is 0.667. The Kier molecular flexibility index (Phi) is 5.85. The Morgan fingerprint density at radius 1 is 0.970 bits per heavy atom. The molecule has 1 saturated heterocycles. The zero-order chi connectivity index (χ0) is 23.0. The number of amides is 4. The van der Waals surface area contributed by atoms with Crippen molar-refractivity contribution in [1.82, 2.24) is 10.6 Å². The summed E-state index contributed by atoms with van der Waals surface area (Å²) in [6.07, 6.45) is 9.20. The molecule has 0 atom stereocenters. The number of urea groups is 1. The molecule has 5 aliphatic rings. The Labute approximate surface area is 193 Å². The first-order valence-corrected chi connectivity index (χ1v) is 12.1. The average molecular weight is 454 g/mol. The highest BCUT2D eigenvalue weighted by Gasteiger charge is 2.51. The van der Waals surface area contributed by atoms with E-state index in [0.717, 1.165) is 37.8 Å². The summed E-state index contributed by atoms with van der Waals surface area (Å²) in [5.41, 5.74) is 0.845. The number of hydrogen-bond donors (Lipinski definition) is 2. The molecule has 4 aliphatic carbocycles. The largest absolute Gasteiger partial charge is 0.452 e. The highest BCUT2D eigenvalue weighted by molar-refractivity contribution is 5.98. The molecule has 5 fully saturated rings.